The highest BCUT2D eigenvalue weighted by Crippen LogP contribution is 2.29. The van der Waals surface area contributed by atoms with Crippen LogP contribution in [0, 0.1) is 0 Å². The van der Waals surface area contributed by atoms with Crippen molar-refractivity contribution in [3.05, 3.63) is 23.9 Å². The number of likely N-dealkylation sites (tertiary alicyclic amines) is 1. The summed E-state index contributed by atoms with van der Waals surface area (Å²) in [5.74, 6) is 0.946. The van der Waals surface area contributed by atoms with E-state index in [-0.39, 0.29) is 6.04 Å². The molecule has 0 radical (unpaired) electrons. The normalized spacial score (nSPS) is 20.1. The summed E-state index contributed by atoms with van der Waals surface area (Å²) in [5.41, 5.74) is 1.14. The number of hydrogen-bond donors (Lipinski definition) is 0. The SMILES string of the molecule is CN(C)c1ccc(C2CCCCN2C=O)cn1. The van der Waals surface area contributed by atoms with Crippen molar-refractivity contribution >= 4 is 12.2 Å². The number of pyridine rings is 1. The fourth-order valence-electron chi connectivity index (χ4n) is 2.30. The monoisotopic (exact) mass is 233 g/mol. The molecule has 0 saturated carbocycles. The van der Waals surface area contributed by atoms with E-state index >= 15 is 0 Å². The van der Waals surface area contributed by atoms with Crippen molar-refractivity contribution in [2.45, 2.75) is 25.3 Å². The predicted octanol–water partition coefficient (Wildman–Crippen LogP) is 1.83. The lowest BCUT2D eigenvalue weighted by Gasteiger charge is -2.32. The second kappa shape index (κ2) is 5.17. The molecule has 1 amide bonds. The van der Waals surface area contributed by atoms with Crippen LogP contribution in [-0.2, 0) is 4.79 Å². The number of nitrogens with zero attached hydrogens (tertiary/aromatic N) is 3. The third-order valence-corrected chi connectivity index (χ3v) is 3.29. The Morgan fingerprint density at radius 2 is 2.24 bits per heavy atom. The molecule has 4 heteroatoms. The van der Waals surface area contributed by atoms with Gasteiger partial charge in [0.2, 0.25) is 6.41 Å². The third-order valence-electron chi connectivity index (χ3n) is 3.29. The number of carbonyl (C=O) groups is 1. The van der Waals surface area contributed by atoms with Crippen LogP contribution < -0.4 is 4.90 Å². The predicted molar refractivity (Wildman–Crippen MR) is 67.9 cm³/mol. The van der Waals surface area contributed by atoms with Crippen LogP contribution in [0.25, 0.3) is 0 Å². The van der Waals surface area contributed by atoms with Crippen LogP contribution in [0.3, 0.4) is 0 Å². The van der Waals surface area contributed by atoms with Crippen molar-refractivity contribution < 1.29 is 4.79 Å². The second-order valence-electron chi connectivity index (χ2n) is 4.70. The molecule has 0 aliphatic carbocycles. The van der Waals surface area contributed by atoms with Gasteiger partial charge in [-0.2, -0.15) is 0 Å². The van der Waals surface area contributed by atoms with Gasteiger partial charge in [-0.15, -0.1) is 0 Å². The van der Waals surface area contributed by atoms with Crippen molar-refractivity contribution in [3.63, 3.8) is 0 Å². The fourth-order valence-corrected chi connectivity index (χ4v) is 2.30. The lowest BCUT2D eigenvalue weighted by molar-refractivity contribution is -0.121. The number of hydrogen-bond acceptors (Lipinski definition) is 3. The van der Waals surface area contributed by atoms with E-state index in [4.69, 9.17) is 0 Å². The van der Waals surface area contributed by atoms with Crippen LogP contribution in [-0.4, -0.2) is 36.9 Å². The van der Waals surface area contributed by atoms with Gasteiger partial charge in [0, 0.05) is 26.8 Å². The molecule has 1 aliphatic rings. The van der Waals surface area contributed by atoms with Crippen molar-refractivity contribution in [3.8, 4) is 0 Å². The van der Waals surface area contributed by atoms with E-state index in [2.05, 4.69) is 11.1 Å². The molecule has 1 aromatic heterocycles. The summed E-state index contributed by atoms with van der Waals surface area (Å²) < 4.78 is 0. The first-order valence-corrected chi connectivity index (χ1v) is 6.06. The summed E-state index contributed by atoms with van der Waals surface area (Å²) in [6.07, 6.45) is 6.19. The largest absolute Gasteiger partial charge is 0.363 e. The van der Waals surface area contributed by atoms with E-state index in [0.717, 1.165) is 37.2 Å². The minimum absolute atomic E-state index is 0.213. The summed E-state index contributed by atoms with van der Waals surface area (Å²) >= 11 is 0. The second-order valence-corrected chi connectivity index (χ2v) is 4.70. The molecule has 1 atom stereocenters. The number of rotatable bonds is 3. The number of amides is 1. The Bertz CT molecular complexity index is 375. The Morgan fingerprint density at radius 1 is 1.41 bits per heavy atom. The van der Waals surface area contributed by atoms with Gasteiger partial charge in [0.25, 0.3) is 0 Å². The maximum atomic E-state index is 11.0. The van der Waals surface area contributed by atoms with Gasteiger partial charge in [0.05, 0.1) is 6.04 Å². The van der Waals surface area contributed by atoms with Crippen molar-refractivity contribution in [2.24, 2.45) is 0 Å². The van der Waals surface area contributed by atoms with Crippen molar-refractivity contribution in [1.29, 1.82) is 0 Å². The molecule has 1 unspecified atom stereocenters. The first kappa shape index (κ1) is 11.9. The molecule has 0 N–H and O–H groups in total. The number of aromatic nitrogens is 1. The quantitative estimate of drug-likeness (QED) is 0.747. The molecule has 0 aromatic carbocycles. The Hall–Kier alpha value is -1.58. The highest BCUT2D eigenvalue weighted by molar-refractivity contribution is 5.49. The van der Waals surface area contributed by atoms with E-state index in [1.165, 1.54) is 6.42 Å². The highest BCUT2D eigenvalue weighted by atomic mass is 16.1. The van der Waals surface area contributed by atoms with Crippen LogP contribution >= 0.6 is 0 Å². The van der Waals surface area contributed by atoms with Gasteiger partial charge in [-0.3, -0.25) is 4.79 Å². The van der Waals surface area contributed by atoms with Gasteiger partial charge in [0.15, 0.2) is 0 Å². The molecule has 1 fully saturated rings. The summed E-state index contributed by atoms with van der Waals surface area (Å²) in [6, 6.07) is 4.30. The minimum atomic E-state index is 0.213. The maximum Gasteiger partial charge on any atom is 0.210 e. The Morgan fingerprint density at radius 3 is 2.82 bits per heavy atom. The summed E-state index contributed by atoms with van der Waals surface area (Å²) in [5, 5.41) is 0. The zero-order valence-electron chi connectivity index (χ0n) is 10.5. The van der Waals surface area contributed by atoms with E-state index in [0.29, 0.717) is 0 Å². The average Bonchev–Trinajstić information content (AvgIpc) is 2.39. The highest BCUT2D eigenvalue weighted by Gasteiger charge is 2.22. The zero-order chi connectivity index (χ0) is 12.3. The standard InChI is InChI=1S/C13H19N3O/c1-15(2)13-7-6-11(9-14-13)12-5-3-4-8-16(12)10-17/h6-7,9-10,12H,3-5,8H2,1-2H3. The van der Waals surface area contributed by atoms with E-state index < -0.39 is 0 Å². The lowest BCUT2D eigenvalue weighted by atomic mass is 9.97. The Balaban J connectivity index is 2.17. The first-order valence-electron chi connectivity index (χ1n) is 6.06. The molecular formula is C13H19N3O. The minimum Gasteiger partial charge on any atom is -0.363 e. The van der Waals surface area contributed by atoms with Gasteiger partial charge in [-0.25, -0.2) is 4.98 Å². The van der Waals surface area contributed by atoms with Crippen LogP contribution in [0.5, 0.6) is 0 Å². The van der Waals surface area contributed by atoms with Crippen LogP contribution in [0.2, 0.25) is 0 Å². The van der Waals surface area contributed by atoms with Crippen molar-refractivity contribution in [2.75, 3.05) is 25.5 Å². The molecular weight excluding hydrogens is 214 g/mol. The number of anilines is 1. The fraction of sp³-hybridized carbons (Fsp3) is 0.538. The van der Waals surface area contributed by atoms with E-state index in [1.54, 1.807) is 0 Å². The molecule has 0 spiro atoms. The smallest absolute Gasteiger partial charge is 0.210 e. The topological polar surface area (TPSA) is 36.4 Å². The molecule has 2 heterocycles. The summed E-state index contributed by atoms with van der Waals surface area (Å²) in [7, 11) is 3.95. The number of carbonyl (C=O) groups excluding carboxylic acids is 1. The number of piperidine rings is 1. The molecule has 0 bridgehead atoms. The van der Waals surface area contributed by atoms with Gasteiger partial charge < -0.3 is 9.80 Å². The molecule has 92 valence electrons. The summed E-state index contributed by atoms with van der Waals surface area (Å²) in [6.45, 7) is 0.865. The van der Waals surface area contributed by atoms with E-state index in [1.807, 2.05) is 36.2 Å². The average molecular weight is 233 g/mol. The van der Waals surface area contributed by atoms with E-state index in [9.17, 15) is 4.79 Å². The third kappa shape index (κ3) is 2.57. The van der Waals surface area contributed by atoms with Gasteiger partial charge in [-0.05, 0) is 30.9 Å². The molecule has 1 aliphatic heterocycles. The molecule has 4 nitrogen and oxygen atoms in total. The Labute approximate surface area is 102 Å². The van der Waals surface area contributed by atoms with Crippen LogP contribution in [0.4, 0.5) is 5.82 Å². The maximum absolute atomic E-state index is 11.0. The van der Waals surface area contributed by atoms with Gasteiger partial charge >= 0.3 is 0 Å². The van der Waals surface area contributed by atoms with Crippen molar-refractivity contribution in [1.82, 2.24) is 9.88 Å². The van der Waals surface area contributed by atoms with Crippen LogP contribution in [0.1, 0.15) is 30.9 Å². The zero-order valence-corrected chi connectivity index (χ0v) is 10.5. The molecule has 17 heavy (non-hydrogen) atoms. The lowest BCUT2D eigenvalue weighted by Crippen LogP contribution is -2.32. The van der Waals surface area contributed by atoms with Crippen LogP contribution in [0.15, 0.2) is 18.3 Å². The van der Waals surface area contributed by atoms with Gasteiger partial charge in [0.1, 0.15) is 5.82 Å². The molecule has 1 saturated heterocycles. The Kier molecular flexibility index (Phi) is 3.61. The molecule has 2 rings (SSSR count). The summed E-state index contributed by atoms with van der Waals surface area (Å²) in [4.78, 5) is 19.3. The molecule has 1 aromatic rings. The first-order chi connectivity index (χ1) is 8.22. The van der Waals surface area contributed by atoms with Gasteiger partial charge in [-0.1, -0.05) is 6.07 Å².